The number of likely N-dealkylation sites (N-methyl/N-ethyl adjacent to an activating group) is 1. The topological polar surface area (TPSA) is 38.7 Å². The molecule has 130 valence electrons. The fraction of sp³-hybridized carbons (Fsp3) is 1.00. The van der Waals surface area contributed by atoms with E-state index in [4.69, 9.17) is 9.47 Å². The third kappa shape index (κ3) is 4.22. The van der Waals surface area contributed by atoms with Gasteiger partial charge < -0.3 is 9.84 Å². The van der Waals surface area contributed by atoms with E-state index in [1.54, 1.807) is 0 Å². The molecule has 2 saturated heterocycles. The molecule has 2 rings (SSSR count). The van der Waals surface area contributed by atoms with Crippen molar-refractivity contribution in [3.63, 3.8) is 0 Å². The SMILES string of the molecule is CCCCCCCCC[N@@+]1(C)C[C@H](CO)[C@H]2OC(C)(C)O[C@@H]21. The largest absolute Gasteiger partial charge is 0.396 e. The summed E-state index contributed by atoms with van der Waals surface area (Å²) in [6.07, 6.45) is 9.48. The Labute approximate surface area is 136 Å². The second kappa shape index (κ2) is 7.61. The maximum Gasteiger partial charge on any atom is 0.223 e. The standard InChI is InChI=1S/C18H36NO3/c1-5-6-7-8-9-10-11-12-19(4)13-15(14-20)16-17(19)22-18(2,3)21-16/h15-17,20H,5-14H2,1-4H3/q+1/t15-,16-,17+,19+/m1/s1. The molecule has 0 unspecified atom stereocenters. The lowest BCUT2D eigenvalue weighted by Gasteiger charge is -2.35. The maximum atomic E-state index is 9.66. The average molecular weight is 314 g/mol. The highest BCUT2D eigenvalue weighted by molar-refractivity contribution is 4.87. The molecular formula is C18H36NO3+. The molecule has 22 heavy (non-hydrogen) atoms. The number of rotatable bonds is 9. The van der Waals surface area contributed by atoms with Gasteiger partial charge in [-0.05, 0) is 26.7 Å². The van der Waals surface area contributed by atoms with Gasteiger partial charge in [-0.1, -0.05) is 39.0 Å². The zero-order valence-electron chi connectivity index (χ0n) is 15.0. The molecule has 0 aromatic rings. The van der Waals surface area contributed by atoms with Gasteiger partial charge in [0.05, 0.1) is 32.7 Å². The van der Waals surface area contributed by atoms with Gasteiger partial charge in [-0.15, -0.1) is 0 Å². The van der Waals surface area contributed by atoms with Crippen molar-refractivity contribution < 1.29 is 19.1 Å². The monoisotopic (exact) mass is 314 g/mol. The second-order valence-electron chi connectivity index (χ2n) is 7.94. The molecule has 4 heteroatoms. The van der Waals surface area contributed by atoms with Crippen LogP contribution in [0.2, 0.25) is 0 Å². The molecule has 0 radical (unpaired) electrons. The molecule has 0 saturated carbocycles. The van der Waals surface area contributed by atoms with Crippen molar-refractivity contribution in [2.45, 2.75) is 83.8 Å². The van der Waals surface area contributed by atoms with E-state index < -0.39 is 5.79 Å². The predicted molar refractivity (Wildman–Crippen MR) is 88.3 cm³/mol. The summed E-state index contributed by atoms with van der Waals surface area (Å²) in [4.78, 5) is 0. The minimum Gasteiger partial charge on any atom is -0.396 e. The Balaban J connectivity index is 1.79. The van der Waals surface area contributed by atoms with Gasteiger partial charge in [-0.25, -0.2) is 0 Å². The predicted octanol–water partition coefficient (Wildman–Crippen LogP) is 3.28. The lowest BCUT2D eigenvalue weighted by molar-refractivity contribution is -0.943. The van der Waals surface area contributed by atoms with Crippen LogP contribution in [-0.4, -0.2) is 54.5 Å². The molecule has 0 bridgehead atoms. The number of hydrogen-bond donors (Lipinski definition) is 1. The fourth-order valence-corrected chi connectivity index (χ4v) is 4.14. The van der Waals surface area contributed by atoms with Crippen LogP contribution in [0.4, 0.5) is 0 Å². The Bertz CT molecular complexity index is 347. The number of hydrogen-bond acceptors (Lipinski definition) is 3. The van der Waals surface area contributed by atoms with Gasteiger partial charge in [0.15, 0.2) is 5.79 Å². The Hall–Kier alpha value is -0.160. The van der Waals surface area contributed by atoms with Gasteiger partial charge in [0.1, 0.15) is 6.10 Å². The van der Waals surface area contributed by atoms with Crippen molar-refractivity contribution in [1.29, 1.82) is 0 Å². The van der Waals surface area contributed by atoms with Crippen LogP contribution in [-0.2, 0) is 9.47 Å². The summed E-state index contributed by atoms with van der Waals surface area (Å²) in [5.41, 5.74) is 0. The lowest BCUT2D eigenvalue weighted by atomic mass is 10.1. The maximum absolute atomic E-state index is 9.66. The number of nitrogens with zero attached hydrogens (tertiary/aromatic N) is 1. The van der Waals surface area contributed by atoms with Crippen molar-refractivity contribution >= 4 is 0 Å². The van der Waals surface area contributed by atoms with E-state index in [0.717, 1.165) is 17.6 Å². The average Bonchev–Trinajstić information content (AvgIpc) is 2.91. The van der Waals surface area contributed by atoms with Crippen LogP contribution in [0.3, 0.4) is 0 Å². The molecule has 0 aliphatic carbocycles. The molecule has 0 aromatic carbocycles. The summed E-state index contributed by atoms with van der Waals surface area (Å²) in [6, 6.07) is 0. The summed E-state index contributed by atoms with van der Waals surface area (Å²) in [6.45, 7) is 8.53. The summed E-state index contributed by atoms with van der Waals surface area (Å²) in [7, 11) is 2.27. The molecule has 4 nitrogen and oxygen atoms in total. The van der Waals surface area contributed by atoms with E-state index in [-0.39, 0.29) is 24.9 Å². The van der Waals surface area contributed by atoms with Crippen LogP contribution in [0.5, 0.6) is 0 Å². The second-order valence-corrected chi connectivity index (χ2v) is 7.94. The molecule has 1 N–H and O–H groups in total. The van der Waals surface area contributed by atoms with Crippen LogP contribution in [0.1, 0.15) is 65.7 Å². The number of likely N-dealkylation sites (tertiary alicyclic amines) is 1. The highest BCUT2D eigenvalue weighted by Crippen LogP contribution is 2.42. The van der Waals surface area contributed by atoms with Crippen LogP contribution in [0, 0.1) is 5.92 Å². The summed E-state index contributed by atoms with van der Waals surface area (Å²) >= 11 is 0. The van der Waals surface area contributed by atoms with E-state index in [0.29, 0.717) is 0 Å². The van der Waals surface area contributed by atoms with Gasteiger partial charge >= 0.3 is 0 Å². The molecule has 2 aliphatic heterocycles. The number of quaternary nitrogens is 1. The van der Waals surface area contributed by atoms with Crippen LogP contribution in [0.25, 0.3) is 0 Å². The highest BCUT2D eigenvalue weighted by atomic mass is 16.8. The van der Waals surface area contributed by atoms with Gasteiger partial charge in [0.25, 0.3) is 0 Å². The van der Waals surface area contributed by atoms with Crippen LogP contribution >= 0.6 is 0 Å². The molecule has 0 amide bonds. The highest BCUT2D eigenvalue weighted by Gasteiger charge is 2.60. The summed E-state index contributed by atoms with van der Waals surface area (Å²) < 4.78 is 13.1. The first-order chi connectivity index (χ1) is 10.4. The number of unbranched alkanes of at least 4 members (excludes halogenated alkanes) is 6. The van der Waals surface area contributed by atoms with Gasteiger partial charge in [-0.3, -0.25) is 9.22 Å². The van der Waals surface area contributed by atoms with Crippen molar-refractivity contribution in [2.24, 2.45) is 5.92 Å². The van der Waals surface area contributed by atoms with E-state index in [1.807, 2.05) is 13.8 Å². The molecule has 0 aromatic heterocycles. The number of fused-ring (bicyclic) bond motifs is 1. The number of ether oxygens (including phenoxy) is 2. The first-order valence-corrected chi connectivity index (χ1v) is 9.22. The van der Waals surface area contributed by atoms with Gasteiger partial charge in [0.2, 0.25) is 6.23 Å². The van der Waals surface area contributed by atoms with E-state index in [1.165, 1.54) is 44.9 Å². The molecule has 0 spiro atoms. The Kier molecular flexibility index (Phi) is 6.29. The Morgan fingerprint density at radius 1 is 1.05 bits per heavy atom. The number of aliphatic hydroxyl groups is 1. The summed E-state index contributed by atoms with van der Waals surface area (Å²) in [5.74, 6) is -0.302. The van der Waals surface area contributed by atoms with Crippen molar-refractivity contribution in [2.75, 3.05) is 26.7 Å². The molecular weight excluding hydrogens is 278 g/mol. The third-order valence-electron chi connectivity index (χ3n) is 5.34. The first kappa shape index (κ1) is 18.2. The van der Waals surface area contributed by atoms with Crippen molar-refractivity contribution in [1.82, 2.24) is 0 Å². The van der Waals surface area contributed by atoms with E-state index in [2.05, 4.69) is 14.0 Å². The quantitative estimate of drug-likeness (QED) is 0.524. The van der Waals surface area contributed by atoms with Crippen molar-refractivity contribution in [3.8, 4) is 0 Å². The fourth-order valence-electron chi connectivity index (χ4n) is 4.14. The Morgan fingerprint density at radius 2 is 1.68 bits per heavy atom. The minimum atomic E-state index is -0.511. The van der Waals surface area contributed by atoms with Gasteiger partial charge in [0, 0.05) is 0 Å². The number of aliphatic hydroxyl groups excluding tert-OH is 1. The smallest absolute Gasteiger partial charge is 0.223 e. The molecule has 2 heterocycles. The zero-order chi connectivity index (χ0) is 16.2. The van der Waals surface area contributed by atoms with Crippen LogP contribution < -0.4 is 0 Å². The normalized spacial score (nSPS) is 36.7. The zero-order valence-corrected chi connectivity index (χ0v) is 15.0. The molecule has 4 atom stereocenters. The third-order valence-corrected chi connectivity index (χ3v) is 5.34. The first-order valence-electron chi connectivity index (χ1n) is 9.22. The molecule has 2 aliphatic rings. The van der Waals surface area contributed by atoms with Crippen molar-refractivity contribution in [3.05, 3.63) is 0 Å². The molecule has 2 fully saturated rings. The van der Waals surface area contributed by atoms with E-state index in [9.17, 15) is 5.11 Å². The summed E-state index contributed by atoms with van der Waals surface area (Å²) in [5, 5.41) is 9.66. The lowest BCUT2D eigenvalue weighted by Crippen LogP contribution is -2.51. The van der Waals surface area contributed by atoms with Crippen LogP contribution in [0.15, 0.2) is 0 Å². The minimum absolute atomic E-state index is 0.0505. The van der Waals surface area contributed by atoms with Gasteiger partial charge in [-0.2, -0.15) is 0 Å². The van der Waals surface area contributed by atoms with E-state index >= 15 is 0 Å². The Morgan fingerprint density at radius 3 is 2.32 bits per heavy atom.